The summed E-state index contributed by atoms with van der Waals surface area (Å²) in [6.45, 7) is 2.65. The molecule has 0 aromatic heterocycles. The highest BCUT2D eigenvalue weighted by Crippen LogP contribution is 2.38. The Kier molecular flexibility index (Phi) is 4.05. The lowest BCUT2D eigenvalue weighted by molar-refractivity contribution is -0.123. The van der Waals surface area contributed by atoms with Crippen LogP contribution in [0.25, 0.3) is 0 Å². The minimum atomic E-state index is -0.269. The van der Waals surface area contributed by atoms with E-state index in [0.29, 0.717) is 6.04 Å². The van der Waals surface area contributed by atoms with Crippen LogP contribution in [-0.2, 0) is 9.53 Å². The predicted octanol–water partition coefficient (Wildman–Crippen LogP) is 1.33. The van der Waals surface area contributed by atoms with Crippen LogP contribution in [0.3, 0.4) is 0 Å². The first-order chi connectivity index (χ1) is 8.11. The Morgan fingerprint density at radius 2 is 2.12 bits per heavy atom. The first-order valence-corrected chi connectivity index (χ1v) is 6.81. The summed E-state index contributed by atoms with van der Waals surface area (Å²) in [6.07, 6.45) is 8.26. The van der Waals surface area contributed by atoms with Gasteiger partial charge in [0.1, 0.15) is 0 Å². The lowest BCUT2D eigenvalue weighted by Crippen LogP contribution is -2.52. The van der Waals surface area contributed by atoms with Crippen molar-refractivity contribution in [2.45, 2.75) is 69.6 Å². The third-order valence-corrected chi connectivity index (χ3v) is 4.17. The largest absolute Gasteiger partial charge is 0.375 e. The van der Waals surface area contributed by atoms with Gasteiger partial charge in [-0.3, -0.25) is 4.79 Å². The van der Waals surface area contributed by atoms with Crippen molar-refractivity contribution < 1.29 is 9.53 Å². The van der Waals surface area contributed by atoms with Gasteiger partial charge in [0, 0.05) is 12.6 Å². The minimum Gasteiger partial charge on any atom is -0.375 e. The Bertz CT molecular complexity index is 269. The molecule has 2 atom stereocenters. The summed E-state index contributed by atoms with van der Waals surface area (Å²) in [6, 6.07) is 0.142. The molecule has 1 aliphatic carbocycles. The molecule has 4 nitrogen and oxygen atoms in total. The van der Waals surface area contributed by atoms with Gasteiger partial charge in [0.2, 0.25) is 5.91 Å². The van der Waals surface area contributed by atoms with Crippen LogP contribution >= 0.6 is 0 Å². The van der Waals surface area contributed by atoms with E-state index in [1.165, 1.54) is 32.1 Å². The first-order valence-electron chi connectivity index (χ1n) is 6.81. The average Bonchev–Trinajstić information content (AvgIpc) is 2.30. The maximum absolute atomic E-state index is 11.1. The molecule has 4 heteroatoms. The van der Waals surface area contributed by atoms with E-state index in [0.717, 1.165) is 19.4 Å². The summed E-state index contributed by atoms with van der Waals surface area (Å²) < 4.78 is 6.02. The lowest BCUT2D eigenvalue weighted by atomic mass is 9.78. The molecule has 2 fully saturated rings. The molecule has 0 aromatic rings. The number of carbonyl (C=O) groups is 1. The van der Waals surface area contributed by atoms with Crippen molar-refractivity contribution in [3.8, 4) is 0 Å². The molecule has 17 heavy (non-hydrogen) atoms. The molecular weight excluding hydrogens is 216 g/mol. The van der Waals surface area contributed by atoms with E-state index >= 15 is 0 Å². The smallest absolute Gasteiger partial charge is 0.234 e. The third-order valence-electron chi connectivity index (χ3n) is 4.17. The SMILES string of the molecule is CC(NC1CCOC2(CCCCC2)C1)C(N)=O. The lowest BCUT2D eigenvalue weighted by Gasteiger charge is -2.44. The summed E-state index contributed by atoms with van der Waals surface area (Å²) in [5.41, 5.74) is 5.38. The number of carbonyl (C=O) groups excluding carboxylic acids is 1. The Morgan fingerprint density at radius 1 is 1.41 bits per heavy atom. The number of primary amides is 1. The van der Waals surface area contributed by atoms with E-state index in [9.17, 15) is 4.79 Å². The molecule has 0 radical (unpaired) electrons. The van der Waals surface area contributed by atoms with Gasteiger partial charge in [0.25, 0.3) is 0 Å². The summed E-state index contributed by atoms with van der Waals surface area (Å²) >= 11 is 0. The number of rotatable bonds is 3. The van der Waals surface area contributed by atoms with Crippen LogP contribution in [0.15, 0.2) is 0 Å². The van der Waals surface area contributed by atoms with Crippen molar-refractivity contribution in [2.24, 2.45) is 5.73 Å². The van der Waals surface area contributed by atoms with Crippen LogP contribution in [0.4, 0.5) is 0 Å². The van der Waals surface area contributed by atoms with E-state index in [-0.39, 0.29) is 17.6 Å². The van der Waals surface area contributed by atoms with E-state index in [2.05, 4.69) is 5.32 Å². The van der Waals surface area contributed by atoms with E-state index in [4.69, 9.17) is 10.5 Å². The van der Waals surface area contributed by atoms with Crippen LogP contribution in [0.2, 0.25) is 0 Å². The number of amides is 1. The van der Waals surface area contributed by atoms with Gasteiger partial charge in [-0.25, -0.2) is 0 Å². The van der Waals surface area contributed by atoms with Crippen molar-refractivity contribution >= 4 is 5.91 Å². The Labute approximate surface area is 103 Å². The van der Waals surface area contributed by atoms with Gasteiger partial charge >= 0.3 is 0 Å². The predicted molar refractivity (Wildman–Crippen MR) is 66.6 cm³/mol. The van der Waals surface area contributed by atoms with Crippen molar-refractivity contribution in [1.82, 2.24) is 5.32 Å². The molecule has 98 valence electrons. The fourth-order valence-electron chi connectivity index (χ4n) is 3.15. The fraction of sp³-hybridized carbons (Fsp3) is 0.923. The molecular formula is C13H24N2O2. The average molecular weight is 240 g/mol. The quantitative estimate of drug-likeness (QED) is 0.782. The molecule has 1 saturated carbocycles. The van der Waals surface area contributed by atoms with Crippen molar-refractivity contribution in [3.05, 3.63) is 0 Å². The topological polar surface area (TPSA) is 64.3 Å². The molecule has 2 rings (SSSR count). The number of nitrogens with two attached hydrogens (primary N) is 1. The Morgan fingerprint density at radius 3 is 2.76 bits per heavy atom. The van der Waals surface area contributed by atoms with Gasteiger partial charge < -0.3 is 15.8 Å². The summed E-state index contributed by atoms with van der Waals surface area (Å²) in [7, 11) is 0. The van der Waals surface area contributed by atoms with Gasteiger partial charge in [-0.1, -0.05) is 19.3 Å². The molecule has 1 amide bonds. The van der Waals surface area contributed by atoms with Crippen LogP contribution in [0.5, 0.6) is 0 Å². The van der Waals surface area contributed by atoms with Crippen LogP contribution in [0.1, 0.15) is 51.9 Å². The zero-order chi connectivity index (χ0) is 12.3. The molecule has 3 N–H and O–H groups in total. The van der Waals surface area contributed by atoms with Gasteiger partial charge in [-0.05, 0) is 32.6 Å². The second-order valence-electron chi connectivity index (χ2n) is 5.57. The van der Waals surface area contributed by atoms with Crippen molar-refractivity contribution in [1.29, 1.82) is 0 Å². The van der Waals surface area contributed by atoms with Gasteiger partial charge in [-0.15, -0.1) is 0 Å². The monoisotopic (exact) mass is 240 g/mol. The number of nitrogens with one attached hydrogen (secondary N) is 1. The minimum absolute atomic E-state index is 0.0888. The molecule has 2 unspecified atom stereocenters. The summed E-state index contributed by atoms with van der Waals surface area (Å²) in [4.78, 5) is 11.1. The van der Waals surface area contributed by atoms with Crippen LogP contribution in [-0.4, -0.2) is 30.2 Å². The van der Waals surface area contributed by atoms with Gasteiger partial charge in [0.15, 0.2) is 0 Å². The molecule has 1 aliphatic heterocycles. The van der Waals surface area contributed by atoms with Crippen LogP contribution in [0, 0.1) is 0 Å². The third kappa shape index (κ3) is 3.19. The fourth-order valence-corrected chi connectivity index (χ4v) is 3.15. The van der Waals surface area contributed by atoms with Crippen LogP contribution < -0.4 is 11.1 Å². The summed E-state index contributed by atoms with van der Waals surface area (Å²) in [5.74, 6) is -0.269. The van der Waals surface area contributed by atoms with E-state index < -0.39 is 0 Å². The van der Waals surface area contributed by atoms with E-state index in [1.54, 1.807) is 0 Å². The molecule has 1 saturated heterocycles. The molecule has 1 heterocycles. The second kappa shape index (κ2) is 5.36. The molecule has 0 bridgehead atoms. The highest BCUT2D eigenvalue weighted by atomic mass is 16.5. The maximum Gasteiger partial charge on any atom is 0.234 e. The Balaban J connectivity index is 1.90. The number of hydrogen-bond donors (Lipinski definition) is 2. The zero-order valence-corrected chi connectivity index (χ0v) is 10.7. The number of hydrogen-bond acceptors (Lipinski definition) is 3. The highest BCUT2D eigenvalue weighted by Gasteiger charge is 2.38. The molecule has 1 spiro atoms. The first kappa shape index (κ1) is 12.8. The highest BCUT2D eigenvalue weighted by molar-refractivity contribution is 5.79. The second-order valence-corrected chi connectivity index (χ2v) is 5.57. The maximum atomic E-state index is 11.1. The van der Waals surface area contributed by atoms with Gasteiger partial charge in [-0.2, -0.15) is 0 Å². The number of ether oxygens (including phenoxy) is 1. The summed E-state index contributed by atoms with van der Waals surface area (Å²) in [5, 5.41) is 3.34. The standard InChI is InChI=1S/C13H24N2O2/c1-10(12(14)16)15-11-5-8-17-13(9-11)6-3-2-4-7-13/h10-11,15H,2-9H2,1H3,(H2,14,16). The van der Waals surface area contributed by atoms with Crippen molar-refractivity contribution in [3.63, 3.8) is 0 Å². The molecule has 2 aliphatic rings. The Hall–Kier alpha value is -0.610. The van der Waals surface area contributed by atoms with Gasteiger partial charge in [0.05, 0.1) is 11.6 Å². The van der Waals surface area contributed by atoms with Crippen molar-refractivity contribution in [2.75, 3.05) is 6.61 Å². The molecule has 0 aromatic carbocycles. The normalized spacial score (nSPS) is 30.1. The zero-order valence-electron chi connectivity index (χ0n) is 10.7. The van der Waals surface area contributed by atoms with E-state index in [1.807, 2.05) is 6.92 Å².